The second kappa shape index (κ2) is 6.05. The van der Waals surface area contributed by atoms with E-state index in [1.165, 1.54) is 0 Å². The van der Waals surface area contributed by atoms with Crippen LogP contribution in [0.5, 0.6) is 0 Å². The highest BCUT2D eigenvalue weighted by atomic mass is 16.3. The Morgan fingerprint density at radius 3 is 2.55 bits per heavy atom. The Hall–Kier alpha value is -1.88. The lowest BCUT2D eigenvalue weighted by atomic mass is 9.91. The second-order valence-corrected chi connectivity index (χ2v) is 5.20. The summed E-state index contributed by atoms with van der Waals surface area (Å²) in [5.41, 5.74) is -0.118. The van der Waals surface area contributed by atoms with Crippen molar-refractivity contribution in [2.45, 2.75) is 25.4 Å². The van der Waals surface area contributed by atoms with Gasteiger partial charge in [0.05, 0.1) is 18.7 Å². The van der Waals surface area contributed by atoms with E-state index in [1.807, 2.05) is 13.0 Å². The van der Waals surface area contributed by atoms with Crippen molar-refractivity contribution in [2.24, 2.45) is 0 Å². The molecule has 2 N–H and O–H groups in total. The number of likely N-dealkylation sites (tertiary alicyclic amines) is 1. The van der Waals surface area contributed by atoms with Crippen molar-refractivity contribution in [3.8, 4) is 0 Å². The summed E-state index contributed by atoms with van der Waals surface area (Å²) in [7, 11) is 0. The second-order valence-electron chi connectivity index (χ2n) is 5.20. The first-order valence-electron chi connectivity index (χ1n) is 6.87. The first-order chi connectivity index (χ1) is 9.54. The number of carbonyl (C=O) groups excluding carboxylic acids is 2. The average molecular weight is 276 g/mol. The number of aliphatic hydroxyl groups is 1. The maximum Gasteiger partial charge on any atom is 0.251 e. The predicted molar refractivity (Wildman–Crippen MR) is 75.2 cm³/mol. The normalized spacial score (nSPS) is 16.4. The van der Waals surface area contributed by atoms with E-state index in [1.54, 1.807) is 29.2 Å². The lowest BCUT2D eigenvalue weighted by Gasteiger charge is -2.46. The Balaban J connectivity index is 1.69. The molecule has 0 spiro atoms. The maximum absolute atomic E-state index is 11.8. The van der Waals surface area contributed by atoms with E-state index >= 15 is 0 Å². The quantitative estimate of drug-likeness (QED) is 0.835. The molecule has 0 radical (unpaired) electrons. The summed E-state index contributed by atoms with van der Waals surface area (Å²) in [6.07, 6.45) is 0.917. The van der Waals surface area contributed by atoms with E-state index in [-0.39, 0.29) is 18.2 Å². The summed E-state index contributed by atoms with van der Waals surface area (Å²) in [6, 6.07) is 8.90. The molecule has 2 amide bonds. The molecule has 20 heavy (non-hydrogen) atoms. The van der Waals surface area contributed by atoms with Crippen LogP contribution in [0.15, 0.2) is 30.3 Å². The number of carbonyl (C=O) groups is 2. The topological polar surface area (TPSA) is 69.6 Å². The Morgan fingerprint density at radius 2 is 1.95 bits per heavy atom. The van der Waals surface area contributed by atoms with Crippen molar-refractivity contribution < 1.29 is 14.7 Å². The molecule has 1 fully saturated rings. The summed E-state index contributed by atoms with van der Waals surface area (Å²) in [5, 5.41) is 12.6. The van der Waals surface area contributed by atoms with Crippen LogP contribution in [-0.2, 0) is 4.79 Å². The van der Waals surface area contributed by atoms with Gasteiger partial charge in [-0.1, -0.05) is 25.1 Å². The largest absolute Gasteiger partial charge is 0.386 e. The van der Waals surface area contributed by atoms with Crippen LogP contribution in [0.1, 0.15) is 30.1 Å². The van der Waals surface area contributed by atoms with Crippen molar-refractivity contribution in [3.63, 3.8) is 0 Å². The molecule has 108 valence electrons. The molecule has 5 nitrogen and oxygen atoms in total. The van der Waals surface area contributed by atoms with Crippen molar-refractivity contribution >= 4 is 11.8 Å². The number of β-amino-alcohol motifs (C(OH)–C–C–N with tert-alkyl or cyclic N) is 1. The van der Waals surface area contributed by atoms with Gasteiger partial charge in [0.25, 0.3) is 5.91 Å². The molecule has 0 unspecified atom stereocenters. The van der Waals surface area contributed by atoms with E-state index in [4.69, 9.17) is 0 Å². The van der Waals surface area contributed by atoms with Gasteiger partial charge in [0, 0.05) is 18.5 Å². The molecule has 0 saturated carbocycles. The lowest BCUT2D eigenvalue weighted by Crippen LogP contribution is -2.63. The van der Waals surface area contributed by atoms with Gasteiger partial charge >= 0.3 is 0 Å². The molecule has 5 heteroatoms. The Bertz CT molecular complexity index is 481. The third-order valence-corrected chi connectivity index (χ3v) is 3.64. The Kier molecular flexibility index (Phi) is 4.39. The zero-order valence-corrected chi connectivity index (χ0v) is 11.6. The Morgan fingerprint density at radius 1 is 1.30 bits per heavy atom. The fourth-order valence-electron chi connectivity index (χ4n) is 2.20. The first kappa shape index (κ1) is 14.5. The number of hydrogen-bond donors (Lipinski definition) is 2. The molecule has 1 aromatic rings. The number of nitrogens with zero attached hydrogens (tertiary/aromatic N) is 1. The minimum atomic E-state index is -0.705. The van der Waals surface area contributed by atoms with Crippen LogP contribution in [0, 0.1) is 0 Å². The smallest absolute Gasteiger partial charge is 0.251 e. The van der Waals surface area contributed by atoms with E-state index < -0.39 is 5.60 Å². The van der Waals surface area contributed by atoms with Gasteiger partial charge in [0.15, 0.2) is 0 Å². The van der Waals surface area contributed by atoms with E-state index in [0.29, 0.717) is 31.6 Å². The van der Waals surface area contributed by atoms with Crippen molar-refractivity contribution in [1.82, 2.24) is 10.2 Å². The van der Waals surface area contributed by atoms with Crippen LogP contribution < -0.4 is 5.32 Å². The molecule has 1 heterocycles. The van der Waals surface area contributed by atoms with E-state index in [0.717, 1.165) is 0 Å². The first-order valence-corrected chi connectivity index (χ1v) is 6.87. The molecule has 0 aromatic heterocycles. The zero-order valence-electron chi connectivity index (χ0n) is 11.6. The molecule has 1 aliphatic heterocycles. The zero-order chi connectivity index (χ0) is 14.6. The molecular formula is C15H20N2O3. The van der Waals surface area contributed by atoms with Gasteiger partial charge < -0.3 is 15.3 Å². The van der Waals surface area contributed by atoms with E-state index in [9.17, 15) is 14.7 Å². The highest BCUT2D eigenvalue weighted by Gasteiger charge is 2.41. The summed E-state index contributed by atoms with van der Waals surface area (Å²) < 4.78 is 0. The van der Waals surface area contributed by atoms with Crippen molar-refractivity contribution in [2.75, 3.05) is 19.6 Å². The molecule has 1 aliphatic rings. The summed E-state index contributed by atoms with van der Waals surface area (Å²) in [4.78, 5) is 25.2. The molecular weight excluding hydrogens is 256 g/mol. The van der Waals surface area contributed by atoms with Crippen LogP contribution in [-0.4, -0.2) is 47.1 Å². The number of benzene rings is 1. The van der Waals surface area contributed by atoms with Crippen LogP contribution in [0.2, 0.25) is 0 Å². The molecule has 0 bridgehead atoms. The third-order valence-electron chi connectivity index (χ3n) is 3.64. The molecule has 2 rings (SSSR count). The molecule has 1 aromatic carbocycles. The molecule has 0 aliphatic carbocycles. The number of nitrogens with one attached hydrogen (secondary N) is 1. The lowest BCUT2D eigenvalue weighted by molar-refractivity contribution is -0.155. The number of rotatable bonds is 5. The number of hydrogen-bond acceptors (Lipinski definition) is 3. The minimum absolute atomic E-state index is 0.0310. The monoisotopic (exact) mass is 276 g/mol. The SMILES string of the molecule is CCC1(O)CN(C(=O)CCNC(=O)c2ccccc2)C1. The summed E-state index contributed by atoms with van der Waals surface area (Å²) in [5.74, 6) is -0.205. The fourth-order valence-corrected chi connectivity index (χ4v) is 2.20. The standard InChI is InChI=1S/C15H20N2O3/c1-2-15(20)10-17(11-15)13(18)8-9-16-14(19)12-6-4-3-5-7-12/h3-7,20H,2,8-11H2,1H3,(H,16,19). The van der Waals surface area contributed by atoms with Crippen LogP contribution in [0.25, 0.3) is 0 Å². The molecule has 0 atom stereocenters. The maximum atomic E-state index is 11.8. The van der Waals surface area contributed by atoms with Crippen LogP contribution >= 0.6 is 0 Å². The van der Waals surface area contributed by atoms with Gasteiger partial charge in [-0.05, 0) is 18.6 Å². The average Bonchev–Trinajstić information content (AvgIpc) is 2.44. The van der Waals surface area contributed by atoms with Gasteiger partial charge in [0.1, 0.15) is 0 Å². The fraction of sp³-hybridized carbons (Fsp3) is 0.467. The predicted octanol–water partition coefficient (Wildman–Crippen LogP) is 0.790. The van der Waals surface area contributed by atoms with Gasteiger partial charge in [-0.3, -0.25) is 9.59 Å². The van der Waals surface area contributed by atoms with Gasteiger partial charge in [0.2, 0.25) is 5.91 Å². The van der Waals surface area contributed by atoms with Crippen molar-refractivity contribution in [1.29, 1.82) is 0 Å². The van der Waals surface area contributed by atoms with Crippen LogP contribution in [0.4, 0.5) is 0 Å². The molecule has 1 saturated heterocycles. The van der Waals surface area contributed by atoms with Gasteiger partial charge in [-0.2, -0.15) is 0 Å². The summed E-state index contributed by atoms with van der Waals surface area (Å²) in [6.45, 7) is 3.01. The summed E-state index contributed by atoms with van der Waals surface area (Å²) >= 11 is 0. The third kappa shape index (κ3) is 3.36. The van der Waals surface area contributed by atoms with Crippen molar-refractivity contribution in [3.05, 3.63) is 35.9 Å². The Labute approximate surface area is 118 Å². The number of amides is 2. The highest BCUT2D eigenvalue weighted by molar-refractivity contribution is 5.94. The highest BCUT2D eigenvalue weighted by Crippen LogP contribution is 2.24. The van der Waals surface area contributed by atoms with Gasteiger partial charge in [-0.25, -0.2) is 0 Å². The minimum Gasteiger partial charge on any atom is -0.386 e. The van der Waals surface area contributed by atoms with E-state index in [2.05, 4.69) is 5.32 Å². The van der Waals surface area contributed by atoms with Gasteiger partial charge in [-0.15, -0.1) is 0 Å². The van der Waals surface area contributed by atoms with Crippen LogP contribution in [0.3, 0.4) is 0 Å².